The van der Waals surface area contributed by atoms with Crippen molar-refractivity contribution in [2.45, 2.75) is 465 Å². The van der Waals surface area contributed by atoms with Crippen molar-refractivity contribution in [3.8, 4) is 0 Å². The van der Waals surface area contributed by atoms with Crippen LogP contribution in [0.3, 0.4) is 0 Å². The van der Waals surface area contributed by atoms with E-state index in [0.717, 1.165) is 108 Å². The lowest BCUT2D eigenvalue weighted by atomic mass is 9.32. The minimum absolute atomic E-state index is 0.0801. The number of aliphatic hydroxyl groups is 1. The van der Waals surface area contributed by atoms with Gasteiger partial charge >= 0.3 is 11.9 Å². The number of carbonyl (C=O) groups excluding carboxylic acids is 2. The Kier molecular flexibility index (Phi) is 29.4. The maximum Gasteiger partial charge on any atom is 0.332 e. The van der Waals surface area contributed by atoms with E-state index in [2.05, 4.69) is 243 Å². The summed E-state index contributed by atoms with van der Waals surface area (Å²) in [7, 11) is 0. The van der Waals surface area contributed by atoms with Crippen molar-refractivity contribution in [3.63, 3.8) is 0 Å². The average molecular weight is 2000 g/mol. The normalized spacial score (nSPS) is 52.6. The molecule has 20 saturated carbocycles. The topological polar surface area (TPSA) is 91.3 Å². The third-order valence-electron chi connectivity index (χ3n) is 57.6. The molecule has 1 N–H and O–H groups in total. The van der Waals surface area contributed by atoms with Crippen LogP contribution in [0.2, 0.25) is 0 Å². The van der Waals surface area contributed by atoms with E-state index < -0.39 is 0 Å². The largest absolute Gasteiger partial charge is 0.464 e. The Morgan fingerprint density at radius 1 is 0.279 bits per heavy atom. The number of hydrogen-bond acceptors (Lipinski definition) is 7. The van der Waals surface area contributed by atoms with E-state index in [0.29, 0.717) is 171 Å². The van der Waals surface area contributed by atoms with Gasteiger partial charge in [0.1, 0.15) is 11.9 Å². The Balaban J connectivity index is 0.000000129. The summed E-state index contributed by atoms with van der Waals surface area (Å²) in [5, 5.41) is 11.0. The minimum Gasteiger partial charge on any atom is -0.464 e. The van der Waals surface area contributed by atoms with E-state index in [9.17, 15) is 14.7 Å². The second kappa shape index (κ2) is 37.6. The molecule has 20 fully saturated rings. The van der Waals surface area contributed by atoms with Gasteiger partial charge in [-0.05, 0) is 538 Å². The van der Waals surface area contributed by atoms with Crippen LogP contribution < -0.4 is 0 Å². The van der Waals surface area contributed by atoms with Crippen LogP contribution in [-0.2, 0) is 28.5 Å². The van der Waals surface area contributed by atoms with Gasteiger partial charge in [0.05, 0.1) is 19.8 Å². The molecule has 7 nitrogen and oxygen atoms in total. The van der Waals surface area contributed by atoms with Crippen LogP contribution in [0.5, 0.6) is 0 Å². The number of allylic oxidation sites excluding steroid dienone is 4. The third-order valence-corrected chi connectivity index (χ3v) is 58.1. The fourth-order valence-electron chi connectivity index (χ4n) is 47.9. The zero-order valence-corrected chi connectivity index (χ0v) is 98.5. The molecule has 20 aliphatic rings. The smallest absolute Gasteiger partial charge is 0.332 e. The van der Waals surface area contributed by atoms with Crippen LogP contribution in [0.4, 0.5) is 0 Å². The van der Waals surface area contributed by atoms with E-state index in [1.54, 1.807) is 0 Å². The van der Waals surface area contributed by atoms with Crippen molar-refractivity contribution < 1.29 is 33.6 Å². The van der Waals surface area contributed by atoms with Crippen LogP contribution in [0.25, 0.3) is 0 Å². The summed E-state index contributed by atoms with van der Waals surface area (Å²) in [5.74, 6) is 18.2. The van der Waals surface area contributed by atoms with Crippen LogP contribution in [0.1, 0.15) is 465 Å². The lowest BCUT2D eigenvalue weighted by Gasteiger charge is -2.73. The van der Waals surface area contributed by atoms with Crippen molar-refractivity contribution in [3.05, 3.63) is 48.6 Å². The molecule has 8 heteroatoms. The zero-order chi connectivity index (χ0) is 102. The fourth-order valence-corrected chi connectivity index (χ4v) is 48.1. The van der Waals surface area contributed by atoms with Gasteiger partial charge in [0.2, 0.25) is 0 Å². The molecule has 0 aromatic carbocycles. The van der Waals surface area contributed by atoms with E-state index >= 15 is 0 Å². The highest BCUT2D eigenvalue weighted by molar-refractivity contribution is 9.09. The average Bonchev–Trinajstić information content (AvgIpc) is 1.11. The molecule has 0 unspecified atom stereocenters. The predicted octanol–water partition coefficient (Wildman–Crippen LogP) is 35.7. The Morgan fingerprint density at radius 3 is 0.771 bits per heavy atom. The second-order valence-electron chi connectivity index (χ2n) is 62.1. The van der Waals surface area contributed by atoms with Crippen molar-refractivity contribution in [2.24, 2.45) is 250 Å². The molecule has 0 aliphatic heterocycles. The van der Waals surface area contributed by atoms with E-state index in [-0.39, 0.29) is 34.8 Å². The number of carbonyl (C=O) groups is 2. The van der Waals surface area contributed by atoms with Crippen LogP contribution in [-0.4, -0.2) is 68.6 Å². The Morgan fingerprint density at radius 2 is 0.521 bits per heavy atom. The van der Waals surface area contributed by atoms with Gasteiger partial charge in [-0.1, -0.05) is 231 Å². The quantitative estimate of drug-likeness (QED) is 0.0935. The van der Waals surface area contributed by atoms with Crippen molar-refractivity contribution in [2.75, 3.05) is 51.6 Å². The maximum atomic E-state index is 12.5. The van der Waals surface area contributed by atoms with E-state index in [1.807, 2.05) is 6.92 Å². The number of halogens is 1. The standard InChI is InChI=1S/C35H58O3.C33H53BrO2.C33H56O.C31H52O/c1-10-37-21-29(36)38-22-35-18-14-25(23(2)3)30(35)26-11-12-28-32(7)16-13-24(4)31(5,6)27(32)15-17-34(28,9)33(26,8)19-20-35;1-21(2)23-12-16-33(20-36-27(35)19-34)18-17-31(7)24(28(23)33)9-10-26-30(6)14-11-22(3)29(4,5)25(30)13-15-32(26,31)8;1-10-34-21-33-18-14-24(22(2)3)28(33)25-11-12-27-30(7)16-13-23(4)29(5,6)26(30)15-17-32(27,9)31(25,8)19-20-33;1-20(2)22-12-16-31(19-32)18-17-29(7)23(26(22)31)9-10-25-28(6)14-11-21(3)27(4,5)24(28)13-15-30(25,29)8/h24-28,30H,2,10-22H2,1,3-9H3;22-26,28H,1,9-20H2,2-8H3;23-28H,2,10-21H2,1,3-9H3;21-26,32H,1,9-19H2,2-8H3/t24-,25-,26+,27-,28+,30+,32-,33+,34+,35+;22-,23-,24+,25-,26+,28+,30-,31+,32+,33+;23-,24-,25+,26-,27+,28+,30-,31+,32+,33+;21-,22-,23+,24-,25+,26+,28-,29+,30+,31+/m0000/s1. The number of rotatable bonds is 16. The van der Waals surface area contributed by atoms with Crippen LogP contribution in [0, 0.1) is 250 Å². The van der Waals surface area contributed by atoms with Gasteiger partial charge in [-0.3, -0.25) is 4.79 Å². The maximum absolute atomic E-state index is 12.5. The summed E-state index contributed by atoms with van der Waals surface area (Å²) < 4.78 is 23.5. The van der Waals surface area contributed by atoms with Crippen molar-refractivity contribution >= 4 is 27.9 Å². The molecule has 0 heterocycles. The van der Waals surface area contributed by atoms with Gasteiger partial charge in [0.25, 0.3) is 0 Å². The highest BCUT2D eigenvalue weighted by Gasteiger charge is 2.78. The molecule has 40 atom stereocenters. The summed E-state index contributed by atoms with van der Waals surface area (Å²) in [6.45, 7) is 99.1. The second-order valence-corrected chi connectivity index (χ2v) is 62.7. The highest BCUT2D eigenvalue weighted by Crippen LogP contribution is 2.85. The highest BCUT2D eigenvalue weighted by atomic mass is 79.9. The summed E-state index contributed by atoms with van der Waals surface area (Å²) in [5.41, 5.74) is 13.6. The number of fused-ring (bicyclic) bond motifs is 28. The zero-order valence-electron chi connectivity index (χ0n) is 96.9. The molecule has 0 saturated heterocycles. The van der Waals surface area contributed by atoms with Gasteiger partial charge in [-0.25, -0.2) is 4.79 Å². The van der Waals surface area contributed by atoms with Crippen molar-refractivity contribution in [1.29, 1.82) is 0 Å². The molecule has 0 radical (unpaired) electrons. The van der Waals surface area contributed by atoms with Gasteiger partial charge in [0, 0.05) is 30.7 Å². The first-order chi connectivity index (χ1) is 65.3. The Bertz CT molecular complexity index is 4560. The monoisotopic (exact) mass is 2000 g/mol. The molecule has 0 aromatic heterocycles. The number of aliphatic hydroxyl groups excluding tert-OH is 1. The molecule has 0 bridgehead atoms. The number of alkyl halides is 1. The summed E-state index contributed by atoms with van der Waals surface area (Å²) in [6.07, 6.45) is 54.4. The summed E-state index contributed by atoms with van der Waals surface area (Å²) in [4.78, 5) is 24.7. The number of esters is 2. The van der Waals surface area contributed by atoms with Crippen LogP contribution >= 0.6 is 15.9 Å². The van der Waals surface area contributed by atoms with Crippen molar-refractivity contribution in [1.82, 2.24) is 0 Å². The molecule has 0 spiro atoms. The molecule has 140 heavy (non-hydrogen) atoms. The van der Waals surface area contributed by atoms with E-state index in [4.69, 9.17) is 18.9 Å². The first-order valence-corrected chi connectivity index (χ1v) is 61.7. The van der Waals surface area contributed by atoms with Crippen LogP contribution in [0.15, 0.2) is 48.6 Å². The third kappa shape index (κ3) is 15.9. The molecule has 796 valence electrons. The minimum atomic E-state index is -0.192. The molecular formula is C132H219BrO7. The first-order valence-electron chi connectivity index (χ1n) is 60.5. The lowest BCUT2D eigenvalue weighted by molar-refractivity contribution is -0.244. The van der Waals surface area contributed by atoms with Gasteiger partial charge in [-0.2, -0.15) is 0 Å². The summed E-state index contributed by atoms with van der Waals surface area (Å²) >= 11 is 3.31. The summed E-state index contributed by atoms with van der Waals surface area (Å²) in [6, 6.07) is 0. The molecule has 0 amide bonds. The molecule has 20 aliphatic carbocycles. The fraction of sp³-hybridized carbons (Fsp3) is 0.924. The molecular weight excluding hydrogens is 1780 g/mol. The van der Waals surface area contributed by atoms with Gasteiger partial charge in [-0.15, -0.1) is 0 Å². The first kappa shape index (κ1) is 109. The Hall–Kier alpha value is -1.74. The van der Waals surface area contributed by atoms with Gasteiger partial charge in [0.15, 0.2) is 0 Å². The number of ether oxygens (including phenoxy) is 4. The predicted molar refractivity (Wildman–Crippen MR) is 588 cm³/mol. The molecule has 20 rings (SSSR count). The lowest BCUT2D eigenvalue weighted by Crippen LogP contribution is -2.66. The molecule has 0 aromatic rings. The van der Waals surface area contributed by atoms with E-state index in [1.165, 1.54) is 279 Å². The SMILES string of the molecule is C=C(C)[C@@H]1CC[C@]2(CO)CC[C@]3(C)[C@H](CC[C@@H]4[C@@]5(C)CC[C@H](C)C(C)(C)[C@@H]5CC[C@]43C)[C@@H]12.C=C(C)[C@@H]1CC[C@]2(COC(=O)CBr)CC[C@]3(C)[C@H](CC[C@@H]4[C@@]5(C)CC[C@H](C)C(C)(C)[C@@H]5CC[C@]43C)[C@@H]12.C=C(C)[C@@H]1CC[C@]2(COC(=O)COCC)CC[C@]3(C)[C@H](CC[C@@H]4[C@@]5(C)CC[C@H](C)C(C)(C)[C@@H]5CC[C@]43C)[C@@H]12.C=C(C)[C@@H]1CC[C@]2(COCC)CC[C@]3(C)[C@H](CC[C@@H]4[C@@]5(C)CC[C@H](C)C(C)(C)[C@@H]5CC[C@]43C)[C@@H]12. The van der Waals surface area contributed by atoms with Gasteiger partial charge < -0.3 is 24.1 Å². The number of hydrogen-bond donors (Lipinski definition) is 1. The Labute approximate surface area is 870 Å².